The number of hydrogen-bond donors (Lipinski definition) is 0. The van der Waals surface area contributed by atoms with Crippen molar-refractivity contribution in [3.8, 4) is 0 Å². The Balaban J connectivity index is 2.09. The Bertz CT molecular complexity index is 831. The molecule has 4 aromatic heterocycles. The maximum atomic E-state index is 4.57. The number of nitrogens with zero attached hydrogens (tertiary/aromatic N) is 4. The number of pyridine rings is 4. The van der Waals surface area contributed by atoms with Crippen LogP contribution >= 0.6 is 0 Å². The molecule has 0 N–H and O–H groups in total. The van der Waals surface area contributed by atoms with E-state index in [0.717, 1.165) is 33.9 Å². The third kappa shape index (κ3) is 3.26. The lowest BCUT2D eigenvalue weighted by Gasteiger charge is -2.14. The summed E-state index contributed by atoms with van der Waals surface area (Å²) in [5.74, 6) is 0. The second-order valence-corrected chi connectivity index (χ2v) is 5.61. The van der Waals surface area contributed by atoms with Crippen LogP contribution in [0.4, 0.5) is 0 Å². The van der Waals surface area contributed by atoms with Crippen LogP contribution in [0.15, 0.2) is 97.6 Å². The molecular weight excluding hydrogens is 320 g/mol. The molecule has 124 valence electrons. The molecule has 0 aromatic carbocycles. The molecule has 0 unspecified atom stereocenters. The van der Waals surface area contributed by atoms with Crippen LogP contribution in [0.5, 0.6) is 0 Å². The van der Waals surface area contributed by atoms with Gasteiger partial charge < -0.3 is 0 Å². The van der Waals surface area contributed by atoms with Crippen molar-refractivity contribution in [3.63, 3.8) is 0 Å². The van der Waals surface area contributed by atoms with Crippen molar-refractivity contribution in [1.29, 1.82) is 0 Å². The van der Waals surface area contributed by atoms with E-state index < -0.39 is 0 Å². The molecule has 0 saturated heterocycles. The van der Waals surface area contributed by atoms with E-state index in [1.165, 1.54) is 0 Å². The van der Waals surface area contributed by atoms with E-state index in [9.17, 15) is 0 Å². The quantitative estimate of drug-likeness (QED) is 0.558. The van der Waals surface area contributed by atoms with Crippen LogP contribution in [0.2, 0.25) is 0 Å². The zero-order chi connectivity index (χ0) is 17.6. The van der Waals surface area contributed by atoms with E-state index in [4.69, 9.17) is 0 Å². The average molecular weight is 336 g/mol. The van der Waals surface area contributed by atoms with E-state index >= 15 is 0 Å². The van der Waals surface area contributed by atoms with Crippen LogP contribution in [0.1, 0.15) is 22.8 Å². The molecule has 0 saturated carbocycles. The van der Waals surface area contributed by atoms with Crippen molar-refractivity contribution in [2.75, 3.05) is 0 Å². The molecule has 0 spiro atoms. The summed E-state index contributed by atoms with van der Waals surface area (Å²) in [5, 5.41) is 0. The summed E-state index contributed by atoms with van der Waals surface area (Å²) in [4.78, 5) is 18.3. The Labute approximate surface area is 152 Å². The molecule has 0 radical (unpaired) electrons. The highest BCUT2D eigenvalue weighted by atomic mass is 14.8. The second kappa shape index (κ2) is 7.49. The zero-order valence-electron chi connectivity index (χ0n) is 14.0. The highest BCUT2D eigenvalue weighted by Crippen LogP contribution is 2.33. The van der Waals surface area contributed by atoms with Gasteiger partial charge in [0.1, 0.15) is 0 Å². The summed E-state index contributed by atoms with van der Waals surface area (Å²) in [7, 11) is 0. The molecule has 0 atom stereocenters. The van der Waals surface area contributed by atoms with Crippen molar-refractivity contribution in [2.24, 2.45) is 0 Å². The van der Waals surface area contributed by atoms with Crippen LogP contribution in [-0.4, -0.2) is 19.9 Å². The minimum absolute atomic E-state index is 0.831. The molecular formula is C22H16N4. The van der Waals surface area contributed by atoms with E-state index in [1.54, 1.807) is 24.8 Å². The van der Waals surface area contributed by atoms with E-state index in [-0.39, 0.29) is 0 Å². The molecule has 4 nitrogen and oxygen atoms in total. The van der Waals surface area contributed by atoms with Gasteiger partial charge in [-0.25, -0.2) is 0 Å². The lowest BCUT2D eigenvalue weighted by Crippen LogP contribution is -2.02. The van der Waals surface area contributed by atoms with Gasteiger partial charge in [-0.2, -0.15) is 0 Å². The van der Waals surface area contributed by atoms with Crippen LogP contribution in [-0.2, 0) is 0 Å². The van der Waals surface area contributed by atoms with Gasteiger partial charge in [-0.3, -0.25) is 19.9 Å². The highest BCUT2D eigenvalue weighted by molar-refractivity contribution is 6.01. The van der Waals surface area contributed by atoms with Crippen molar-refractivity contribution in [1.82, 2.24) is 19.9 Å². The Morgan fingerprint density at radius 2 is 0.654 bits per heavy atom. The Morgan fingerprint density at radius 1 is 0.385 bits per heavy atom. The minimum atomic E-state index is 0.831. The molecule has 0 aliphatic carbocycles. The van der Waals surface area contributed by atoms with Gasteiger partial charge in [0.05, 0.1) is 22.8 Å². The van der Waals surface area contributed by atoms with Crippen LogP contribution in [0.3, 0.4) is 0 Å². The van der Waals surface area contributed by atoms with Gasteiger partial charge in [0.15, 0.2) is 0 Å². The summed E-state index contributed by atoms with van der Waals surface area (Å²) in [6, 6.07) is 23.4. The van der Waals surface area contributed by atoms with Gasteiger partial charge in [-0.1, -0.05) is 24.3 Å². The van der Waals surface area contributed by atoms with Crippen molar-refractivity contribution in [2.45, 2.75) is 0 Å². The molecule has 0 aliphatic rings. The van der Waals surface area contributed by atoms with Gasteiger partial charge in [0.2, 0.25) is 0 Å². The summed E-state index contributed by atoms with van der Waals surface area (Å²) in [6.07, 6.45) is 7.14. The first kappa shape index (κ1) is 15.8. The monoisotopic (exact) mass is 336 g/mol. The first-order chi connectivity index (χ1) is 12.9. The largest absolute Gasteiger partial charge is 0.256 e. The van der Waals surface area contributed by atoms with Gasteiger partial charge in [-0.05, 0) is 48.5 Å². The van der Waals surface area contributed by atoms with Gasteiger partial charge in [0, 0.05) is 35.9 Å². The lowest BCUT2D eigenvalue weighted by molar-refractivity contribution is 1.19. The van der Waals surface area contributed by atoms with Crippen LogP contribution in [0, 0.1) is 0 Å². The molecule has 4 heteroatoms. The van der Waals surface area contributed by atoms with Gasteiger partial charge in [-0.15, -0.1) is 0 Å². The third-order valence-corrected chi connectivity index (χ3v) is 3.93. The topological polar surface area (TPSA) is 51.6 Å². The summed E-state index contributed by atoms with van der Waals surface area (Å²) >= 11 is 0. The number of aromatic nitrogens is 4. The molecule has 0 bridgehead atoms. The van der Waals surface area contributed by atoms with E-state index in [2.05, 4.69) is 19.9 Å². The second-order valence-electron chi connectivity index (χ2n) is 5.61. The van der Waals surface area contributed by atoms with Crippen molar-refractivity contribution in [3.05, 3.63) is 120 Å². The first-order valence-corrected chi connectivity index (χ1v) is 8.33. The normalized spacial score (nSPS) is 10.3. The van der Waals surface area contributed by atoms with E-state index in [1.807, 2.05) is 72.8 Å². The first-order valence-electron chi connectivity index (χ1n) is 8.33. The highest BCUT2D eigenvalue weighted by Gasteiger charge is 2.19. The molecule has 0 fully saturated rings. The SMILES string of the molecule is c1ccc(C(=C(c2ccccn2)c2ccccn2)c2ccccn2)nc1. The Morgan fingerprint density at radius 3 is 0.846 bits per heavy atom. The molecule has 26 heavy (non-hydrogen) atoms. The van der Waals surface area contributed by atoms with Crippen LogP contribution < -0.4 is 0 Å². The van der Waals surface area contributed by atoms with Crippen molar-refractivity contribution < 1.29 is 0 Å². The molecule has 4 aromatic rings. The maximum absolute atomic E-state index is 4.57. The fourth-order valence-electron chi connectivity index (χ4n) is 2.82. The van der Waals surface area contributed by atoms with Gasteiger partial charge >= 0.3 is 0 Å². The Kier molecular flexibility index (Phi) is 4.56. The van der Waals surface area contributed by atoms with Gasteiger partial charge in [0.25, 0.3) is 0 Å². The van der Waals surface area contributed by atoms with Crippen LogP contribution in [0.25, 0.3) is 11.1 Å². The minimum Gasteiger partial charge on any atom is -0.256 e. The summed E-state index contributed by atoms with van der Waals surface area (Å²) < 4.78 is 0. The molecule has 0 aliphatic heterocycles. The number of hydrogen-bond acceptors (Lipinski definition) is 4. The predicted octanol–water partition coefficient (Wildman–Crippen LogP) is 4.27. The smallest absolute Gasteiger partial charge is 0.0731 e. The molecule has 0 amide bonds. The standard InChI is InChI=1S/C22H16N4/c1-5-13-23-17(9-1)21(18-10-2-6-14-24-18)22(19-11-3-7-15-25-19)20-12-4-8-16-26-20/h1-16H. The van der Waals surface area contributed by atoms with Crippen molar-refractivity contribution >= 4 is 11.1 Å². The maximum Gasteiger partial charge on any atom is 0.0731 e. The third-order valence-electron chi connectivity index (χ3n) is 3.93. The summed E-state index contributed by atoms with van der Waals surface area (Å²) in [6.45, 7) is 0. The fourth-order valence-corrected chi connectivity index (χ4v) is 2.82. The average Bonchev–Trinajstić information content (AvgIpc) is 2.74. The lowest BCUT2D eigenvalue weighted by atomic mass is 9.95. The van der Waals surface area contributed by atoms with E-state index in [0.29, 0.717) is 0 Å². The predicted molar refractivity (Wildman–Crippen MR) is 102 cm³/mol. The summed E-state index contributed by atoms with van der Waals surface area (Å²) in [5.41, 5.74) is 5.14. The zero-order valence-corrected chi connectivity index (χ0v) is 14.0. The fraction of sp³-hybridized carbons (Fsp3) is 0. The molecule has 4 heterocycles. The number of rotatable bonds is 4. The molecule has 4 rings (SSSR count). The Hall–Kier alpha value is -3.66.